The molecule has 0 unspecified atom stereocenters. The fourth-order valence-corrected chi connectivity index (χ4v) is 2.06. The minimum atomic E-state index is 0.0964. The molecule has 1 aromatic heterocycles. The molecule has 1 heterocycles. The van der Waals surface area contributed by atoms with Crippen LogP contribution in [-0.2, 0) is 4.79 Å². The Morgan fingerprint density at radius 2 is 2.33 bits per heavy atom. The summed E-state index contributed by atoms with van der Waals surface area (Å²) >= 11 is 0. The van der Waals surface area contributed by atoms with Crippen molar-refractivity contribution in [3.05, 3.63) is 23.9 Å². The van der Waals surface area contributed by atoms with Gasteiger partial charge in [0.25, 0.3) is 0 Å². The van der Waals surface area contributed by atoms with Crippen molar-refractivity contribution in [2.75, 3.05) is 11.9 Å². The summed E-state index contributed by atoms with van der Waals surface area (Å²) in [5, 5.41) is 8.68. The first-order chi connectivity index (χ1) is 8.70. The molecule has 4 nitrogen and oxygen atoms in total. The molecule has 1 aliphatic carbocycles. The zero-order chi connectivity index (χ0) is 13.0. The van der Waals surface area contributed by atoms with Gasteiger partial charge >= 0.3 is 0 Å². The molecule has 2 rings (SSSR count). The molecule has 94 valence electrons. The Balaban J connectivity index is 1.90. The van der Waals surface area contributed by atoms with E-state index in [1.165, 1.54) is 25.5 Å². The predicted octanol–water partition coefficient (Wildman–Crippen LogP) is 2.50. The first-order valence-electron chi connectivity index (χ1n) is 6.33. The van der Waals surface area contributed by atoms with Crippen LogP contribution < -0.4 is 4.90 Å². The van der Waals surface area contributed by atoms with Gasteiger partial charge in [0.05, 0.1) is 5.56 Å². The second kappa shape index (κ2) is 5.63. The molecule has 0 aliphatic heterocycles. The lowest BCUT2D eigenvalue weighted by Crippen LogP contribution is -2.27. The number of hydrogen-bond donors (Lipinski definition) is 0. The number of nitrogens with zero attached hydrogens (tertiary/aromatic N) is 3. The van der Waals surface area contributed by atoms with Gasteiger partial charge in [-0.15, -0.1) is 0 Å². The highest BCUT2D eigenvalue weighted by molar-refractivity contribution is 5.91. The highest BCUT2D eigenvalue weighted by Crippen LogP contribution is 2.30. The molecule has 4 heteroatoms. The largest absolute Gasteiger partial charge is 0.300 e. The van der Waals surface area contributed by atoms with E-state index >= 15 is 0 Å². The third-order valence-corrected chi connectivity index (χ3v) is 3.59. The van der Waals surface area contributed by atoms with Gasteiger partial charge < -0.3 is 0 Å². The maximum absolute atomic E-state index is 12.0. The minimum absolute atomic E-state index is 0.0964. The van der Waals surface area contributed by atoms with E-state index in [-0.39, 0.29) is 5.91 Å². The van der Waals surface area contributed by atoms with Crippen LogP contribution >= 0.6 is 0 Å². The summed E-state index contributed by atoms with van der Waals surface area (Å²) in [6, 6.07) is 5.40. The lowest BCUT2D eigenvalue weighted by atomic mass is 9.82. The van der Waals surface area contributed by atoms with E-state index in [9.17, 15) is 4.79 Å². The average Bonchev–Trinajstić information content (AvgIpc) is 2.36. The van der Waals surface area contributed by atoms with Gasteiger partial charge in [-0.2, -0.15) is 5.26 Å². The number of nitriles is 1. The first kappa shape index (κ1) is 12.6. The lowest BCUT2D eigenvalue weighted by molar-refractivity contribution is -0.118. The second-order valence-corrected chi connectivity index (χ2v) is 4.81. The number of pyridine rings is 1. The Bertz CT molecular complexity index is 457. The Labute approximate surface area is 107 Å². The topological polar surface area (TPSA) is 57.0 Å². The number of aromatic nitrogens is 1. The van der Waals surface area contributed by atoms with Crippen LogP contribution in [0.2, 0.25) is 0 Å². The average molecular weight is 243 g/mol. The molecule has 1 aliphatic rings. The fraction of sp³-hybridized carbons (Fsp3) is 0.500. The van der Waals surface area contributed by atoms with E-state index < -0.39 is 0 Å². The normalized spacial score (nSPS) is 14.7. The van der Waals surface area contributed by atoms with Crippen molar-refractivity contribution in [1.29, 1.82) is 5.26 Å². The van der Waals surface area contributed by atoms with E-state index in [4.69, 9.17) is 5.26 Å². The van der Waals surface area contributed by atoms with Crippen LogP contribution in [0.15, 0.2) is 18.3 Å². The van der Waals surface area contributed by atoms with E-state index in [2.05, 4.69) is 4.98 Å². The minimum Gasteiger partial charge on any atom is -0.300 e. The van der Waals surface area contributed by atoms with E-state index in [0.29, 0.717) is 17.8 Å². The highest BCUT2D eigenvalue weighted by atomic mass is 16.2. The molecule has 0 bridgehead atoms. The van der Waals surface area contributed by atoms with Gasteiger partial charge in [-0.1, -0.05) is 19.3 Å². The Hall–Kier alpha value is -1.89. The number of rotatable bonds is 4. The number of amides is 1. The zero-order valence-corrected chi connectivity index (χ0v) is 10.6. The number of carbonyl (C=O) groups excluding carboxylic acids is 1. The third kappa shape index (κ3) is 2.86. The molecule has 1 aromatic rings. The molecule has 1 fully saturated rings. The standard InChI is InChI=1S/C14H17N3O/c1-17(13-7-5-12(9-15)10-16-13)14(18)8-6-11-3-2-4-11/h5,7,10-11H,2-4,6,8H2,1H3. The van der Waals surface area contributed by atoms with Gasteiger partial charge in [0, 0.05) is 19.7 Å². The van der Waals surface area contributed by atoms with Crippen molar-refractivity contribution in [2.24, 2.45) is 5.92 Å². The van der Waals surface area contributed by atoms with Crippen LogP contribution in [0.25, 0.3) is 0 Å². The number of carbonyl (C=O) groups is 1. The van der Waals surface area contributed by atoms with Gasteiger partial charge in [0.15, 0.2) is 0 Å². The molecule has 0 radical (unpaired) electrons. The molecule has 1 amide bonds. The SMILES string of the molecule is CN(C(=O)CCC1CCC1)c1ccc(C#N)cn1. The fourth-order valence-electron chi connectivity index (χ4n) is 2.06. The van der Waals surface area contributed by atoms with Gasteiger partial charge in [0.2, 0.25) is 5.91 Å². The van der Waals surface area contributed by atoms with Crippen molar-refractivity contribution in [1.82, 2.24) is 4.98 Å². The number of hydrogen-bond acceptors (Lipinski definition) is 3. The van der Waals surface area contributed by atoms with Crippen LogP contribution in [0.4, 0.5) is 5.82 Å². The summed E-state index contributed by atoms with van der Waals surface area (Å²) in [7, 11) is 1.73. The lowest BCUT2D eigenvalue weighted by Gasteiger charge is -2.25. The van der Waals surface area contributed by atoms with Crippen LogP contribution in [0.1, 0.15) is 37.7 Å². The first-order valence-corrected chi connectivity index (χ1v) is 6.33. The summed E-state index contributed by atoms with van der Waals surface area (Å²) in [6.45, 7) is 0. The molecule has 0 saturated heterocycles. The third-order valence-electron chi connectivity index (χ3n) is 3.59. The van der Waals surface area contributed by atoms with Crippen LogP contribution in [0.3, 0.4) is 0 Å². The Morgan fingerprint density at radius 1 is 1.56 bits per heavy atom. The quantitative estimate of drug-likeness (QED) is 0.816. The summed E-state index contributed by atoms with van der Waals surface area (Å²) in [4.78, 5) is 17.6. The smallest absolute Gasteiger partial charge is 0.227 e. The van der Waals surface area contributed by atoms with E-state index in [1.807, 2.05) is 6.07 Å². The predicted molar refractivity (Wildman–Crippen MR) is 68.9 cm³/mol. The van der Waals surface area contributed by atoms with Crippen LogP contribution in [0.5, 0.6) is 0 Å². The molecular weight excluding hydrogens is 226 g/mol. The van der Waals surface area contributed by atoms with Crippen LogP contribution in [0, 0.1) is 17.2 Å². The van der Waals surface area contributed by atoms with Crippen molar-refractivity contribution in [2.45, 2.75) is 32.1 Å². The van der Waals surface area contributed by atoms with Gasteiger partial charge in [0.1, 0.15) is 11.9 Å². The van der Waals surface area contributed by atoms with Crippen LogP contribution in [-0.4, -0.2) is 17.9 Å². The second-order valence-electron chi connectivity index (χ2n) is 4.81. The van der Waals surface area contributed by atoms with E-state index in [1.54, 1.807) is 24.1 Å². The molecule has 0 spiro atoms. The summed E-state index contributed by atoms with van der Waals surface area (Å²) in [6.07, 6.45) is 6.91. The van der Waals surface area contributed by atoms with Crippen molar-refractivity contribution >= 4 is 11.7 Å². The Kier molecular flexibility index (Phi) is 3.93. The van der Waals surface area contributed by atoms with Crippen molar-refractivity contribution in [3.8, 4) is 6.07 Å². The summed E-state index contributed by atoms with van der Waals surface area (Å²) < 4.78 is 0. The molecule has 1 saturated carbocycles. The molecule has 0 atom stereocenters. The zero-order valence-electron chi connectivity index (χ0n) is 10.6. The summed E-state index contributed by atoms with van der Waals surface area (Å²) in [5.74, 6) is 1.45. The number of anilines is 1. The molecule has 0 aromatic carbocycles. The molecule has 18 heavy (non-hydrogen) atoms. The van der Waals surface area contributed by atoms with Crippen molar-refractivity contribution < 1.29 is 4.79 Å². The Morgan fingerprint density at radius 3 is 2.83 bits per heavy atom. The van der Waals surface area contributed by atoms with Gasteiger partial charge in [-0.3, -0.25) is 9.69 Å². The van der Waals surface area contributed by atoms with Gasteiger partial charge in [-0.05, 0) is 24.5 Å². The molecular formula is C14H17N3O. The van der Waals surface area contributed by atoms with E-state index in [0.717, 1.165) is 12.3 Å². The van der Waals surface area contributed by atoms with Crippen molar-refractivity contribution in [3.63, 3.8) is 0 Å². The monoisotopic (exact) mass is 243 g/mol. The summed E-state index contributed by atoms with van der Waals surface area (Å²) in [5.41, 5.74) is 0.508. The maximum Gasteiger partial charge on any atom is 0.227 e. The molecule has 0 N–H and O–H groups in total. The highest BCUT2D eigenvalue weighted by Gasteiger charge is 2.20. The maximum atomic E-state index is 12.0. The van der Waals surface area contributed by atoms with Gasteiger partial charge in [-0.25, -0.2) is 4.98 Å².